The molecule has 101 heavy (non-hydrogen) atoms. The number of benzene rings is 4. The lowest BCUT2D eigenvalue weighted by atomic mass is 9.83. The topological polar surface area (TPSA) is 376 Å². The summed E-state index contributed by atoms with van der Waals surface area (Å²) in [4.78, 5) is 136. The van der Waals surface area contributed by atoms with Gasteiger partial charge in [-0.25, -0.2) is 15.3 Å². The van der Waals surface area contributed by atoms with Crippen LogP contribution in [-0.4, -0.2) is 154 Å². The van der Waals surface area contributed by atoms with Crippen LogP contribution in [0.4, 0.5) is 21.9 Å². The van der Waals surface area contributed by atoms with Gasteiger partial charge in [0.1, 0.15) is 46.2 Å². The maximum absolute atomic E-state index is 15.0. The van der Waals surface area contributed by atoms with Crippen molar-refractivity contribution in [2.24, 2.45) is 35.3 Å². The molecule has 0 spiro atoms. The lowest BCUT2D eigenvalue weighted by Crippen LogP contribution is -2.54. The monoisotopic (exact) mass is 1390 g/mol. The van der Waals surface area contributed by atoms with Gasteiger partial charge in [-0.2, -0.15) is 0 Å². The van der Waals surface area contributed by atoms with Crippen molar-refractivity contribution in [3.63, 3.8) is 0 Å². The van der Waals surface area contributed by atoms with Crippen molar-refractivity contribution >= 4 is 86.2 Å². The largest absolute Gasteiger partial charge is 0.507 e. The van der Waals surface area contributed by atoms with Crippen LogP contribution >= 0.6 is 0 Å². The van der Waals surface area contributed by atoms with Crippen molar-refractivity contribution in [3.8, 4) is 28.7 Å². The van der Waals surface area contributed by atoms with E-state index in [2.05, 4.69) is 55.7 Å². The number of hydrogen-bond donors (Lipinski definition) is 10. The number of primary amides is 1. The number of piperazine rings is 1. The summed E-state index contributed by atoms with van der Waals surface area (Å²) in [6, 6.07) is 7.46. The first kappa shape index (κ1) is 75.5. The molecule has 5 bridgehead atoms. The van der Waals surface area contributed by atoms with E-state index in [1.54, 1.807) is 75.4 Å². The standard InChI is InChI=1S/C74H95N11O16/c1-41(2)60(80-54(87)20-11-10-12-29-85-55(88)25-26-56(85)89)72(96)79-51(19-14-27-76-73(75)97)71(95)78-49-23-21-48(22-24-49)40-99-77-28-30-83-31-33-84(34-32-83)50-38-52(86)61-53(39-50)100-68-62(81-61)57-58-65(91)47(8)67-59(57)69(93)74(9,101-67)98-35-15-18-44(5)64(90)46(7)37-43(4)36-42(3)16-13-17-45(6)70(94)82-63(68)66(58)92/h13,15-17,21-26,35,38-39,41-44,46,51,60,64,77,86,90-91H,10-12,14,18-20,27-34,36-37,40H2,1-9H3,(H,78,95)(H,79,96)(H,80,87)(H,82,94)(H3,75,76,97)/b16-13+,35-15+,45-17-/t42-,43+,44+,46+,51-,60-,64+,74-/m0/s1. The van der Waals surface area contributed by atoms with Crippen molar-refractivity contribution in [1.29, 1.82) is 0 Å². The van der Waals surface area contributed by atoms with Gasteiger partial charge in [0, 0.05) is 118 Å². The first-order valence-corrected chi connectivity index (χ1v) is 34.7. The van der Waals surface area contributed by atoms with E-state index in [4.69, 9.17) is 29.4 Å². The molecule has 8 atom stereocenters. The third kappa shape index (κ3) is 18.5. The number of rotatable bonds is 23. The van der Waals surface area contributed by atoms with Crippen LogP contribution in [0.2, 0.25) is 0 Å². The maximum Gasteiger partial charge on any atom is 0.312 e. The second-order valence-corrected chi connectivity index (χ2v) is 27.6. The number of anilines is 3. The number of unbranched alkanes of at least 4 members (excludes halogenated alkanes) is 2. The summed E-state index contributed by atoms with van der Waals surface area (Å²) < 4.78 is 18.9. The number of urea groups is 1. The molecule has 3 aromatic carbocycles. The second kappa shape index (κ2) is 33.6. The highest BCUT2D eigenvalue weighted by Crippen LogP contribution is 2.51. The van der Waals surface area contributed by atoms with Crippen LogP contribution in [0, 0.1) is 36.5 Å². The van der Waals surface area contributed by atoms with Gasteiger partial charge in [0.15, 0.2) is 11.3 Å². The van der Waals surface area contributed by atoms with Gasteiger partial charge < -0.3 is 66.4 Å². The highest BCUT2D eigenvalue weighted by Gasteiger charge is 2.50. The number of phenols is 2. The molecule has 1 saturated heterocycles. The number of aliphatic hydroxyl groups excluding tert-OH is 1. The van der Waals surface area contributed by atoms with Crippen molar-refractivity contribution in [3.05, 3.63) is 112 Å². The minimum absolute atomic E-state index is 0.00200. The van der Waals surface area contributed by atoms with Crippen molar-refractivity contribution < 1.29 is 72.4 Å². The number of amides is 8. The number of aromatic nitrogens is 1. The molecule has 11 N–H and O–H groups in total. The van der Waals surface area contributed by atoms with E-state index >= 15 is 4.79 Å². The van der Waals surface area contributed by atoms with Gasteiger partial charge in [-0.1, -0.05) is 78.3 Å². The molecule has 27 heteroatoms. The molecular formula is C74H95N11O16. The number of ether oxygens (including phenoxy) is 2. The zero-order valence-corrected chi connectivity index (χ0v) is 58.9. The number of carbonyl (C=O) groups excluding carboxylic acids is 8. The number of hydroxylamine groups is 1. The highest BCUT2D eigenvalue weighted by atomic mass is 16.7. The summed E-state index contributed by atoms with van der Waals surface area (Å²) in [5.74, 6) is -6.61. The molecule has 6 heterocycles. The highest BCUT2D eigenvalue weighted by molar-refractivity contribution is 6.22. The SMILES string of the molecule is C/C1=C/C=C/[C@H](C)C[C@@H](C)C[C@@H](C)[C@H](O)[C@H](C)C/C=C/O[C@@]2(C)Oc3c(C)c(O)c4c(=O)c(c5oc6cc(N7CCN(CCNOCc8ccc(NC(=O)[C@H](CCCNC(N)=O)NC(=O)[C@@H](NC(=O)CCCCCN9C(=O)C=CC9=O)C(C)C)cc8)CC7)cc(O)c6nc-5c4c3C2=O)NC1=O. The molecule has 6 aliphatic heterocycles. The van der Waals surface area contributed by atoms with E-state index in [1.165, 1.54) is 32.3 Å². The third-order valence-electron chi connectivity index (χ3n) is 19.1. The quantitative estimate of drug-likeness (QED) is 0.00977. The Bertz CT molecular complexity index is 4060. The molecule has 1 aliphatic carbocycles. The lowest BCUT2D eigenvalue weighted by molar-refractivity contribution is -0.137. The minimum atomic E-state index is -1.97. The molecule has 7 aliphatic rings. The van der Waals surface area contributed by atoms with E-state index < -0.39 is 64.7 Å². The van der Waals surface area contributed by atoms with Gasteiger partial charge in [0.2, 0.25) is 23.2 Å². The van der Waals surface area contributed by atoms with Gasteiger partial charge in [0.25, 0.3) is 23.5 Å². The molecule has 3 aromatic rings. The Morgan fingerprint density at radius 1 is 0.861 bits per heavy atom. The Hall–Kier alpha value is -9.70. The number of aliphatic hydroxyl groups is 1. The average molecular weight is 1390 g/mol. The smallest absolute Gasteiger partial charge is 0.312 e. The van der Waals surface area contributed by atoms with Crippen molar-refractivity contribution in [1.82, 2.24) is 36.2 Å². The Balaban J connectivity index is 0.825. The van der Waals surface area contributed by atoms with Gasteiger partial charge in [-0.05, 0) is 112 Å². The number of phenolic OH excluding ortho intramolecular Hbond substituents is 2. The fraction of sp³-hybridized carbons (Fsp3) is 0.486. The van der Waals surface area contributed by atoms with E-state index in [-0.39, 0.29) is 147 Å². The number of aromatic hydroxyl groups is 2. The maximum atomic E-state index is 15.0. The molecule has 1 fully saturated rings. The summed E-state index contributed by atoms with van der Waals surface area (Å²) in [6.45, 7) is 20.3. The number of fused-ring (bicyclic) bond motifs is 14. The van der Waals surface area contributed by atoms with E-state index in [0.717, 1.165) is 23.3 Å². The number of hydrogen-bond acceptors (Lipinski definition) is 20. The Morgan fingerprint density at radius 2 is 1.58 bits per heavy atom. The Labute approximate surface area is 586 Å². The summed E-state index contributed by atoms with van der Waals surface area (Å²) >= 11 is 0. The molecule has 0 radical (unpaired) electrons. The number of Topliss-reactive ketones (excluding diaryl/α,β-unsaturated/α-hetero) is 1. The van der Waals surface area contributed by atoms with Crippen LogP contribution in [0.25, 0.3) is 33.3 Å². The zero-order valence-electron chi connectivity index (χ0n) is 58.9. The van der Waals surface area contributed by atoms with Gasteiger partial charge in [-0.15, -0.1) is 0 Å². The van der Waals surface area contributed by atoms with Crippen LogP contribution in [0.1, 0.15) is 135 Å². The molecule has 27 nitrogen and oxygen atoms in total. The first-order valence-electron chi connectivity index (χ1n) is 34.7. The molecule has 8 amide bonds. The van der Waals surface area contributed by atoms with Crippen LogP contribution < -0.4 is 52.9 Å². The first-order chi connectivity index (χ1) is 48.1. The summed E-state index contributed by atoms with van der Waals surface area (Å²) in [5.41, 5.74) is 9.02. The third-order valence-corrected chi connectivity index (χ3v) is 19.1. The minimum Gasteiger partial charge on any atom is -0.507 e. The number of nitrogens with two attached hydrogens (primary N) is 1. The average Bonchev–Trinajstić information content (AvgIpc) is 1.65. The van der Waals surface area contributed by atoms with Gasteiger partial charge in [0.05, 0.1) is 29.9 Å². The predicted octanol–water partition coefficient (Wildman–Crippen LogP) is 7.86. The van der Waals surface area contributed by atoms with E-state index in [9.17, 15) is 53.7 Å². The number of allylic oxidation sites excluding steroid dienone is 4. The molecule has 10 rings (SSSR count). The van der Waals surface area contributed by atoms with Crippen LogP contribution in [0.5, 0.6) is 17.2 Å². The Kier molecular flexibility index (Phi) is 25.1. The lowest BCUT2D eigenvalue weighted by Gasteiger charge is -2.36. The second-order valence-electron chi connectivity index (χ2n) is 27.6. The number of ketones is 1. The molecule has 0 aromatic heterocycles. The number of nitrogens with one attached hydrogen (secondary N) is 6. The molecular weight excluding hydrogens is 1300 g/mol. The fourth-order valence-electron chi connectivity index (χ4n) is 13.3. The van der Waals surface area contributed by atoms with Crippen molar-refractivity contribution in [2.45, 2.75) is 151 Å². The fourth-order valence-corrected chi connectivity index (χ4v) is 13.3. The number of nitrogens with zero attached hydrogens (tertiary/aromatic N) is 4. The molecule has 0 unspecified atom stereocenters. The summed E-state index contributed by atoms with van der Waals surface area (Å²) in [7, 11) is 0. The van der Waals surface area contributed by atoms with Crippen LogP contribution in [-0.2, 0) is 44.9 Å². The van der Waals surface area contributed by atoms with Gasteiger partial charge in [-0.3, -0.25) is 53.0 Å². The summed E-state index contributed by atoms with van der Waals surface area (Å²) in [5, 5.41) is 48.3. The molecule has 542 valence electrons. The summed E-state index contributed by atoms with van der Waals surface area (Å²) in [6.07, 6.45) is 14.5. The number of carbonyl (C=O) groups is 8. The van der Waals surface area contributed by atoms with Crippen LogP contribution in [0.15, 0.2) is 93.9 Å². The zero-order chi connectivity index (χ0) is 73.0. The van der Waals surface area contributed by atoms with Gasteiger partial charge >= 0.3 is 11.8 Å². The van der Waals surface area contributed by atoms with Crippen molar-refractivity contribution in [2.75, 3.05) is 67.9 Å². The molecule has 0 saturated carbocycles. The van der Waals surface area contributed by atoms with E-state index in [1.807, 2.05) is 19.9 Å². The van der Waals surface area contributed by atoms with Crippen LogP contribution in [0.3, 0.4) is 0 Å². The number of imide groups is 1. The Morgan fingerprint density at radius 3 is 2.29 bits per heavy atom. The normalized spacial score (nSPS) is 22.6. The van der Waals surface area contributed by atoms with E-state index in [0.29, 0.717) is 82.7 Å². The predicted molar refractivity (Wildman–Crippen MR) is 380 cm³/mol.